The number of halogens is 4. The van der Waals surface area contributed by atoms with Crippen LogP contribution in [-0.4, -0.2) is 5.11 Å². The lowest BCUT2D eigenvalue weighted by molar-refractivity contribution is 0.173. The fourth-order valence-corrected chi connectivity index (χ4v) is 2.47. The van der Waals surface area contributed by atoms with Crippen molar-refractivity contribution in [2.24, 2.45) is 0 Å². The van der Waals surface area contributed by atoms with E-state index in [9.17, 15) is 9.50 Å². The Kier molecular flexibility index (Phi) is 4.85. The van der Waals surface area contributed by atoms with Crippen LogP contribution in [0, 0.1) is 5.82 Å². The molecule has 100 valence electrons. The van der Waals surface area contributed by atoms with Gasteiger partial charge in [0.05, 0.1) is 16.1 Å². The molecular formula is C14H10BrCl2FO. The topological polar surface area (TPSA) is 20.2 Å². The first-order chi connectivity index (χ1) is 8.97. The van der Waals surface area contributed by atoms with Crippen molar-refractivity contribution in [3.63, 3.8) is 0 Å². The minimum Gasteiger partial charge on any atom is -0.388 e. The highest BCUT2D eigenvalue weighted by molar-refractivity contribution is 9.10. The first-order valence-electron chi connectivity index (χ1n) is 5.54. The zero-order chi connectivity index (χ0) is 14.0. The van der Waals surface area contributed by atoms with Crippen molar-refractivity contribution in [2.45, 2.75) is 12.5 Å². The van der Waals surface area contributed by atoms with Crippen molar-refractivity contribution in [1.82, 2.24) is 0 Å². The van der Waals surface area contributed by atoms with Gasteiger partial charge in [-0.25, -0.2) is 4.39 Å². The van der Waals surface area contributed by atoms with E-state index in [2.05, 4.69) is 15.9 Å². The number of benzene rings is 2. The van der Waals surface area contributed by atoms with E-state index in [1.165, 1.54) is 6.07 Å². The molecule has 1 nitrogen and oxygen atoms in total. The Balaban J connectivity index is 2.22. The molecule has 0 saturated carbocycles. The van der Waals surface area contributed by atoms with Crippen LogP contribution in [0.2, 0.25) is 10.0 Å². The van der Waals surface area contributed by atoms with Crippen LogP contribution in [0.15, 0.2) is 40.9 Å². The van der Waals surface area contributed by atoms with Gasteiger partial charge >= 0.3 is 0 Å². The summed E-state index contributed by atoms with van der Waals surface area (Å²) in [7, 11) is 0. The van der Waals surface area contributed by atoms with Crippen LogP contribution in [0.3, 0.4) is 0 Å². The summed E-state index contributed by atoms with van der Waals surface area (Å²) in [5.74, 6) is -0.434. The molecule has 0 radical (unpaired) electrons. The molecule has 0 saturated heterocycles. The smallest absolute Gasteiger partial charge is 0.129 e. The van der Waals surface area contributed by atoms with Crippen molar-refractivity contribution in [3.05, 3.63) is 67.9 Å². The SMILES string of the molecule is OC(Cc1ccc(Cl)c(Cl)c1)c1cc(Br)ccc1F. The second kappa shape index (κ2) is 6.23. The van der Waals surface area contributed by atoms with E-state index in [0.29, 0.717) is 10.0 Å². The monoisotopic (exact) mass is 362 g/mol. The molecule has 0 fully saturated rings. The van der Waals surface area contributed by atoms with E-state index in [1.807, 2.05) is 0 Å². The standard InChI is InChI=1S/C14H10BrCl2FO/c15-9-2-4-13(18)10(7-9)14(19)6-8-1-3-11(16)12(17)5-8/h1-5,7,14,19H,6H2. The number of hydrogen-bond acceptors (Lipinski definition) is 1. The molecule has 0 aromatic heterocycles. The highest BCUT2D eigenvalue weighted by Gasteiger charge is 2.14. The molecule has 0 aliphatic carbocycles. The Morgan fingerprint density at radius 3 is 2.53 bits per heavy atom. The highest BCUT2D eigenvalue weighted by atomic mass is 79.9. The molecule has 0 aliphatic rings. The van der Waals surface area contributed by atoms with Gasteiger partial charge < -0.3 is 5.11 Å². The normalized spacial score (nSPS) is 12.5. The molecule has 0 spiro atoms. The van der Waals surface area contributed by atoms with Crippen LogP contribution in [0.25, 0.3) is 0 Å². The van der Waals surface area contributed by atoms with E-state index in [4.69, 9.17) is 23.2 Å². The van der Waals surface area contributed by atoms with Crippen LogP contribution in [-0.2, 0) is 6.42 Å². The van der Waals surface area contributed by atoms with Crippen molar-refractivity contribution < 1.29 is 9.50 Å². The van der Waals surface area contributed by atoms with E-state index in [1.54, 1.807) is 30.3 Å². The average Bonchev–Trinajstić information content (AvgIpc) is 2.36. The van der Waals surface area contributed by atoms with Gasteiger partial charge in [0.1, 0.15) is 5.82 Å². The summed E-state index contributed by atoms with van der Waals surface area (Å²) in [5, 5.41) is 11.0. The second-order valence-corrected chi connectivity index (χ2v) is 5.86. The van der Waals surface area contributed by atoms with Crippen LogP contribution in [0.1, 0.15) is 17.2 Å². The first kappa shape index (κ1) is 14.8. The molecule has 0 heterocycles. The minimum absolute atomic E-state index is 0.250. The Hall–Kier alpha value is -0.610. The third kappa shape index (κ3) is 3.69. The maximum Gasteiger partial charge on any atom is 0.129 e. The fraction of sp³-hybridized carbons (Fsp3) is 0.143. The second-order valence-electron chi connectivity index (χ2n) is 4.13. The lowest BCUT2D eigenvalue weighted by atomic mass is 10.0. The van der Waals surface area contributed by atoms with Gasteiger partial charge in [0.15, 0.2) is 0 Å². The molecule has 2 rings (SSSR count). The minimum atomic E-state index is -0.935. The van der Waals surface area contributed by atoms with E-state index in [-0.39, 0.29) is 12.0 Å². The lowest BCUT2D eigenvalue weighted by Gasteiger charge is -2.13. The number of aliphatic hydroxyl groups is 1. The summed E-state index contributed by atoms with van der Waals surface area (Å²) in [4.78, 5) is 0. The predicted molar refractivity (Wildman–Crippen MR) is 79.2 cm³/mol. The van der Waals surface area contributed by atoms with E-state index < -0.39 is 11.9 Å². The quantitative estimate of drug-likeness (QED) is 0.797. The molecule has 1 atom stereocenters. The summed E-state index contributed by atoms with van der Waals surface area (Å²) < 4.78 is 14.4. The molecule has 0 bridgehead atoms. The van der Waals surface area contributed by atoms with Crippen molar-refractivity contribution >= 4 is 39.1 Å². The Labute approximate surface area is 129 Å². The Bertz CT molecular complexity index is 604. The summed E-state index contributed by atoms with van der Waals surface area (Å²) in [6, 6.07) is 9.55. The summed E-state index contributed by atoms with van der Waals surface area (Å²) >= 11 is 15.0. The van der Waals surface area contributed by atoms with Crippen molar-refractivity contribution in [2.75, 3.05) is 0 Å². The maximum atomic E-state index is 13.6. The van der Waals surface area contributed by atoms with Gasteiger partial charge in [0.2, 0.25) is 0 Å². The molecule has 1 N–H and O–H groups in total. The average molecular weight is 364 g/mol. The van der Waals surface area contributed by atoms with Gasteiger partial charge in [-0.2, -0.15) is 0 Å². The molecule has 2 aromatic rings. The largest absolute Gasteiger partial charge is 0.388 e. The molecule has 0 amide bonds. The first-order valence-corrected chi connectivity index (χ1v) is 7.09. The summed E-state index contributed by atoms with van der Waals surface area (Å²) in [5.41, 5.74) is 1.04. The van der Waals surface area contributed by atoms with Crippen LogP contribution in [0.5, 0.6) is 0 Å². The maximum absolute atomic E-state index is 13.6. The molecule has 5 heteroatoms. The van der Waals surface area contributed by atoms with Crippen molar-refractivity contribution in [1.29, 1.82) is 0 Å². The van der Waals surface area contributed by atoms with Crippen LogP contribution < -0.4 is 0 Å². The molecule has 2 aromatic carbocycles. The molecule has 1 unspecified atom stereocenters. The number of hydrogen-bond donors (Lipinski definition) is 1. The fourth-order valence-electron chi connectivity index (χ4n) is 1.77. The lowest BCUT2D eigenvalue weighted by Crippen LogP contribution is -2.04. The van der Waals surface area contributed by atoms with Crippen LogP contribution in [0.4, 0.5) is 4.39 Å². The molecule has 19 heavy (non-hydrogen) atoms. The highest BCUT2D eigenvalue weighted by Crippen LogP contribution is 2.27. The zero-order valence-corrected chi connectivity index (χ0v) is 12.8. The van der Waals surface area contributed by atoms with Crippen molar-refractivity contribution in [3.8, 4) is 0 Å². The molecular weight excluding hydrogens is 354 g/mol. The summed E-state index contributed by atoms with van der Waals surface area (Å²) in [6.45, 7) is 0. The summed E-state index contributed by atoms with van der Waals surface area (Å²) in [6.07, 6.45) is -0.667. The van der Waals surface area contributed by atoms with Gasteiger partial charge in [-0.3, -0.25) is 0 Å². The van der Waals surface area contributed by atoms with Gasteiger partial charge in [-0.1, -0.05) is 45.2 Å². The van der Waals surface area contributed by atoms with Crippen LogP contribution >= 0.6 is 39.1 Å². The van der Waals surface area contributed by atoms with Gasteiger partial charge in [-0.15, -0.1) is 0 Å². The third-order valence-corrected chi connectivity index (χ3v) is 3.96. The Morgan fingerprint density at radius 1 is 1.11 bits per heavy atom. The van der Waals surface area contributed by atoms with E-state index >= 15 is 0 Å². The zero-order valence-electron chi connectivity index (χ0n) is 9.71. The van der Waals surface area contributed by atoms with Gasteiger partial charge in [-0.05, 0) is 35.9 Å². The Morgan fingerprint density at radius 2 is 1.84 bits per heavy atom. The molecule has 0 aliphatic heterocycles. The predicted octanol–water partition coefficient (Wildman–Crippen LogP) is 5.17. The van der Waals surface area contributed by atoms with Gasteiger partial charge in [0.25, 0.3) is 0 Å². The number of rotatable bonds is 3. The number of aliphatic hydroxyl groups excluding tert-OH is 1. The van der Waals surface area contributed by atoms with E-state index in [0.717, 1.165) is 10.0 Å². The third-order valence-electron chi connectivity index (χ3n) is 2.73. The van der Waals surface area contributed by atoms with Gasteiger partial charge in [0, 0.05) is 16.5 Å².